The first-order valence-electron chi connectivity index (χ1n) is 6.54. The monoisotopic (exact) mass is 283 g/mol. The quantitative estimate of drug-likeness (QED) is 0.851. The Labute approximate surface area is 115 Å². The fourth-order valence-corrected chi connectivity index (χ4v) is 4.49. The molecule has 0 N–H and O–H groups in total. The molecule has 19 heavy (non-hydrogen) atoms. The van der Waals surface area contributed by atoms with Crippen molar-refractivity contribution in [1.82, 2.24) is 4.31 Å². The molecule has 1 aliphatic rings. The van der Waals surface area contributed by atoms with Crippen LogP contribution in [-0.2, 0) is 20.5 Å². The van der Waals surface area contributed by atoms with Gasteiger partial charge >= 0.3 is 0 Å². The van der Waals surface area contributed by atoms with E-state index in [2.05, 4.69) is 0 Å². The summed E-state index contributed by atoms with van der Waals surface area (Å²) in [6.45, 7) is 6.71. The van der Waals surface area contributed by atoms with Crippen LogP contribution >= 0.6 is 0 Å². The van der Waals surface area contributed by atoms with Gasteiger partial charge in [0.15, 0.2) is 0 Å². The SMILES string of the molecule is Cc1ccc(CS(=O)(=O)N2C(C)COCC2C)cc1. The molecule has 1 heterocycles. The number of hydrogen-bond donors (Lipinski definition) is 0. The van der Waals surface area contributed by atoms with Gasteiger partial charge in [0.2, 0.25) is 10.0 Å². The minimum Gasteiger partial charge on any atom is -0.378 e. The summed E-state index contributed by atoms with van der Waals surface area (Å²) >= 11 is 0. The summed E-state index contributed by atoms with van der Waals surface area (Å²) in [7, 11) is -3.29. The highest BCUT2D eigenvalue weighted by Crippen LogP contribution is 2.21. The number of sulfonamides is 1. The Morgan fingerprint density at radius 3 is 2.21 bits per heavy atom. The van der Waals surface area contributed by atoms with E-state index in [4.69, 9.17) is 4.74 Å². The van der Waals surface area contributed by atoms with Crippen LogP contribution in [0.2, 0.25) is 0 Å². The van der Waals surface area contributed by atoms with Crippen molar-refractivity contribution in [3.8, 4) is 0 Å². The highest BCUT2D eigenvalue weighted by Gasteiger charge is 2.35. The standard InChI is InChI=1S/C14H21NO3S/c1-11-4-6-14(7-5-11)10-19(16,17)15-12(2)8-18-9-13(15)3/h4-7,12-13H,8-10H2,1-3H3. The van der Waals surface area contributed by atoms with Crippen LogP contribution in [0.3, 0.4) is 0 Å². The van der Waals surface area contributed by atoms with Crippen molar-refractivity contribution in [2.75, 3.05) is 13.2 Å². The van der Waals surface area contributed by atoms with Gasteiger partial charge in [-0.1, -0.05) is 29.8 Å². The summed E-state index contributed by atoms with van der Waals surface area (Å²) in [6.07, 6.45) is 0. The van der Waals surface area contributed by atoms with Crippen LogP contribution in [0.15, 0.2) is 24.3 Å². The molecular weight excluding hydrogens is 262 g/mol. The lowest BCUT2D eigenvalue weighted by atomic mass is 10.2. The Hall–Kier alpha value is -0.910. The molecule has 1 aromatic rings. The van der Waals surface area contributed by atoms with Gasteiger partial charge in [0.25, 0.3) is 0 Å². The van der Waals surface area contributed by atoms with Crippen molar-refractivity contribution in [1.29, 1.82) is 0 Å². The van der Waals surface area contributed by atoms with E-state index >= 15 is 0 Å². The second kappa shape index (κ2) is 5.61. The second-order valence-electron chi connectivity index (χ2n) is 5.31. The Morgan fingerprint density at radius 1 is 1.16 bits per heavy atom. The lowest BCUT2D eigenvalue weighted by Crippen LogP contribution is -2.52. The number of nitrogens with zero attached hydrogens (tertiary/aromatic N) is 1. The first kappa shape index (κ1) is 14.5. The number of morpholine rings is 1. The van der Waals surface area contributed by atoms with Crippen molar-refractivity contribution in [3.63, 3.8) is 0 Å². The van der Waals surface area contributed by atoms with Crippen LogP contribution in [0.1, 0.15) is 25.0 Å². The van der Waals surface area contributed by atoms with Gasteiger partial charge in [0, 0.05) is 12.1 Å². The smallest absolute Gasteiger partial charge is 0.218 e. The molecule has 0 bridgehead atoms. The molecule has 106 valence electrons. The van der Waals surface area contributed by atoms with Crippen LogP contribution in [0.5, 0.6) is 0 Å². The predicted molar refractivity (Wildman–Crippen MR) is 75.4 cm³/mol. The van der Waals surface area contributed by atoms with Crippen molar-refractivity contribution in [3.05, 3.63) is 35.4 Å². The highest BCUT2D eigenvalue weighted by molar-refractivity contribution is 7.88. The minimum absolute atomic E-state index is 0.0575. The fourth-order valence-electron chi connectivity index (χ4n) is 2.51. The van der Waals surface area contributed by atoms with Gasteiger partial charge in [0.05, 0.1) is 19.0 Å². The lowest BCUT2D eigenvalue weighted by Gasteiger charge is -2.37. The van der Waals surface area contributed by atoms with Crippen LogP contribution in [0.25, 0.3) is 0 Å². The molecule has 2 rings (SSSR count). The Bertz CT molecular complexity index is 514. The molecule has 1 saturated heterocycles. The zero-order valence-corrected chi connectivity index (χ0v) is 12.5. The van der Waals surface area contributed by atoms with Crippen molar-refractivity contribution >= 4 is 10.0 Å². The lowest BCUT2D eigenvalue weighted by molar-refractivity contribution is 0.00629. The van der Waals surface area contributed by atoms with E-state index in [0.29, 0.717) is 13.2 Å². The topological polar surface area (TPSA) is 46.6 Å². The largest absolute Gasteiger partial charge is 0.378 e. The molecule has 0 amide bonds. The Morgan fingerprint density at radius 2 is 1.68 bits per heavy atom. The van der Waals surface area contributed by atoms with Crippen LogP contribution in [-0.4, -0.2) is 38.0 Å². The third-order valence-corrected chi connectivity index (χ3v) is 5.44. The average molecular weight is 283 g/mol. The number of benzene rings is 1. The molecule has 1 fully saturated rings. The summed E-state index contributed by atoms with van der Waals surface area (Å²) in [5, 5.41) is 0. The molecule has 4 nitrogen and oxygen atoms in total. The maximum absolute atomic E-state index is 12.5. The van der Waals surface area contributed by atoms with Gasteiger partial charge in [-0.05, 0) is 26.3 Å². The maximum Gasteiger partial charge on any atom is 0.218 e. The van der Waals surface area contributed by atoms with Crippen molar-refractivity contribution in [2.45, 2.75) is 38.6 Å². The van der Waals surface area contributed by atoms with E-state index in [1.165, 1.54) is 0 Å². The molecule has 2 atom stereocenters. The molecule has 0 saturated carbocycles. The molecule has 0 aromatic heterocycles. The zero-order chi connectivity index (χ0) is 14.0. The van der Waals surface area contributed by atoms with E-state index in [-0.39, 0.29) is 17.8 Å². The van der Waals surface area contributed by atoms with Crippen molar-refractivity contribution < 1.29 is 13.2 Å². The zero-order valence-electron chi connectivity index (χ0n) is 11.7. The van der Waals surface area contributed by atoms with E-state index < -0.39 is 10.0 Å². The number of rotatable bonds is 3. The molecule has 1 aromatic carbocycles. The predicted octanol–water partition coefficient (Wildman–Crippen LogP) is 1.93. The van der Waals surface area contributed by atoms with Crippen LogP contribution in [0.4, 0.5) is 0 Å². The van der Waals surface area contributed by atoms with Crippen LogP contribution in [0, 0.1) is 6.92 Å². The fraction of sp³-hybridized carbons (Fsp3) is 0.571. The number of hydrogen-bond acceptors (Lipinski definition) is 3. The molecule has 5 heteroatoms. The third kappa shape index (κ3) is 3.35. The normalized spacial score (nSPS) is 25.4. The van der Waals surface area contributed by atoms with Gasteiger partial charge in [-0.2, -0.15) is 4.31 Å². The highest BCUT2D eigenvalue weighted by atomic mass is 32.2. The summed E-state index contributed by atoms with van der Waals surface area (Å²) in [5.41, 5.74) is 1.96. The van der Waals surface area contributed by atoms with Gasteiger partial charge in [-0.15, -0.1) is 0 Å². The summed E-state index contributed by atoms with van der Waals surface area (Å²) in [5.74, 6) is 0.0575. The average Bonchev–Trinajstić information content (AvgIpc) is 2.31. The van der Waals surface area contributed by atoms with Gasteiger partial charge in [0.1, 0.15) is 0 Å². The molecule has 0 spiro atoms. The van der Waals surface area contributed by atoms with Gasteiger partial charge in [-0.3, -0.25) is 0 Å². The second-order valence-corrected chi connectivity index (χ2v) is 7.18. The molecular formula is C14H21NO3S. The van der Waals surface area contributed by atoms with E-state index in [1.807, 2.05) is 45.0 Å². The first-order chi connectivity index (χ1) is 8.90. The maximum atomic E-state index is 12.5. The number of ether oxygens (including phenoxy) is 1. The number of aryl methyl sites for hydroxylation is 1. The van der Waals surface area contributed by atoms with Crippen molar-refractivity contribution in [2.24, 2.45) is 0 Å². The van der Waals surface area contributed by atoms with Gasteiger partial charge < -0.3 is 4.74 Å². The molecule has 0 radical (unpaired) electrons. The Balaban J connectivity index is 2.19. The molecule has 2 unspecified atom stereocenters. The molecule has 0 aliphatic carbocycles. The van der Waals surface area contributed by atoms with E-state index in [1.54, 1.807) is 4.31 Å². The Kier molecular flexibility index (Phi) is 4.28. The first-order valence-corrected chi connectivity index (χ1v) is 8.15. The summed E-state index contributed by atoms with van der Waals surface area (Å²) < 4.78 is 32.0. The van der Waals surface area contributed by atoms with E-state index in [0.717, 1.165) is 11.1 Å². The molecule has 1 aliphatic heterocycles. The minimum atomic E-state index is -3.29. The summed E-state index contributed by atoms with van der Waals surface area (Å²) in [6, 6.07) is 7.44. The van der Waals surface area contributed by atoms with Crippen LogP contribution < -0.4 is 0 Å². The van der Waals surface area contributed by atoms with E-state index in [9.17, 15) is 8.42 Å². The van der Waals surface area contributed by atoms with Gasteiger partial charge in [-0.25, -0.2) is 8.42 Å². The third-order valence-electron chi connectivity index (χ3n) is 3.38. The summed E-state index contributed by atoms with van der Waals surface area (Å²) in [4.78, 5) is 0.